The zero-order valence-corrected chi connectivity index (χ0v) is 16.2. The number of benzene rings is 2. The second kappa shape index (κ2) is 8.51. The van der Waals surface area contributed by atoms with Gasteiger partial charge in [0.25, 0.3) is 0 Å². The molecular weight excluding hydrogens is 360 g/mol. The van der Waals surface area contributed by atoms with Gasteiger partial charge in [-0.25, -0.2) is 4.98 Å². The van der Waals surface area contributed by atoms with Gasteiger partial charge < -0.3 is 14.8 Å². The zero-order valence-electron chi connectivity index (χ0n) is 15.4. The van der Waals surface area contributed by atoms with Crippen molar-refractivity contribution in [1.29, 1.82) is 0 Å². The van der Waals surface area contributed by atoms with Crippen molar-refractivity contribution in [2.24, 2.45) is 0 Å². The van der Waals surface area contributed by atoms with Crippen LogP contribution in [0.4, 0.5) is 5.69 Å². The summed E-state index contributed by atoms with van der Waals surface area (Å²) in [6, 6.07) is 13.4. The maximum atomic E-state index is 11.1. The van der Waals surface area contributed by atoms with E-state index in [1.54, 1.807) is 25.6 Å². The van der Waals surface area contributed by atoms with Crippen molar-refractivity contribution in [2.75, 3.05) is 19.5 Å². The number of nitrogens with one attached hydrogen (secondary N) is 1. The van der Waals surface area contributed by atoms with Crippen LogP contribution in [0.5, 0.6) is 11.5 Å². The minimum atomic E-state index is -0.0798. The first-order valence-electron chi connectivity index (χ1n) is 8.32. The summed E-state index contributed by atoms with van der Waals surface area (Å²) in [6.45, 7) is 1.49. The van der Waals surface area contributed by atoms with Crippen molar-refractivity contribution < 1.29 is 14.3 Å². The van der Waals surface area contributed by atoms with Gasteiger partial charge in [-0.3, -0.25) is 4.79 Å². The molecule has 1 N–H and O–H groups in total. The van der Waals surface area contributed by atoms with Gasteiger partial charge >= 0.3 is 0 Å². The summed E-state index contributed by atoms with van der Waals surface area (Å²) in [7, 11) is 3.24. The highest BCUT2D eigenvalue weighted by Gasteiger charge is 2.08. The summed E-state index contributed by atoms with van der Waals surface area (Å²) in [5.41, 5.74) is 3.68. The molecule has 27 heavy (non-hydrogen) atoms. The Hall–Kier alpha value is -3.12. The highest BCUT2D eigenvalue weighted by Crippen LogP contribution is 2.32. The fraction of sp³-hybridized carbons (Fsp3) is 0.143. The van der Waals surface area contributed by atoms with Gasteiger partial charge in [0.2, 0.25) is 5.91 Å². The zero-order chi connectivity index (χ0) is 19.2. The fourth-order valence-corrected chi connectivity index (χ4v) is 3.26. The van der Waals surface area contributed by atoms with E-state index in [-0.39, 0.29) is 5.91 Å². The summed E-state index contributed by atoms with van der Waals surface area (Å²) < 4.78 is 10.6. The number of carbonyl (C=O) groups is 1. The Morgan fingerprint density at radius 1 is 1.04 bits per heavy atom. The summed E-state index contributed by atoms with van der Waals surface area (Å²) >= 11 is 1.57. The lowest BCUT2D eigenvalue weighted by atomic mass is 10.1. The van der Waals surface area contributed by atoms with Gasteiger partial charge in [0.15, 0.2) is 11.5 Å². The van der Waals surface area contributed by atoms with Crippen LogP contribution < -0.4 is 14.8 Å². The van der Waals surface area contributed by atoms with E-state index in [0.717, 1.165) is 27.5 Å². The molecule has 1 amide bonds. The maximum Gasteiger partial charge on any atom is 0.221 e. The van der Waals surface area contributed by atoms with Crippen LogP contribution in [-0.2, 0) is 4.79 Å². The first kappa shape index (κ1) is 18.7. The number of ether oxygens (including phenoxy) is 2. The van der Waals surface area contributed by atoms with Crippen LogP contribution in [0.15, 0.2) is 47.8 Å². The van der Waals surface area contributed by atoms with Crippen LogP contribution >= 0.6 is 11.3 Å². The standard InChI is InChI=1S/C21H20N2O3S/c1-14(24)22-17-8-4-15(5-9-17)6-11-21-23-18(13-27-21)16-7-10-19(25-2)20(12-16)26-3/h4-13H,1-3H3,(H,22,24)/b11-6+. The molecule has 0 spiro atoms. The van der Waals surface area contributed by atoms with E-state index in [0.29, 0.717) is 11.5 Å². The summed E-state index contributed by atoms with van der Waals surface area (Å²) in [6.07, 6.45) is 3.97. The van der Waals surface area contributed by atoms with Gasteiger partial charge in [-0.1, -0.05) is 18.2 Å². The van der Waals surface area contributed by atoms with Crippen LogP contribution in [0.25, 0.3) is 23.4 Å². The molecule has 0 saturated carbocycles. The number of methoxy groups -OCH3 is 2. The molecule has 0 aliphatic carbocycles. The molecular formula is C21H20N2O3S. The smallest absolute Gasteiger partial charge is 0.221 e. The molecule has 0 saturated heterocycles. The molecule has 2 aromatic carbocycles. The number of hydrogen-bond donors (Lipinski definition) is 1. The number of anilines is 1. The summed E-state index contributed by atoms with van der Waals surface area (Å²) in [4.78, 5) is 15.7. The topological polar surface area (TPSA) is 60.5 Å². The lowest BCUT2D eigenvalue weighted by molar-refractivity contribution is -0.114. The molecule has 3 aromatic rings. The Balaban J connectivity index is 1.74. The van der Waals surface area contributed by atoms with E-state index < -0.39 is 0 Å². The molecule has 3 rings (SSSR count). The van der Waals surface area contributed by atoms with Crippen LogP contribution in [0.1, 0.15) is 17.5 Å². The number of amides is 1. The Morgan fingerprint density at radius 2 is 1.78 bits per heavy atom. The number of hydrogen-bond acceptors (Lipinski definition) is 5. The highest BCUT2D eigenvalue weighted by atomic mass is 32.1. The highest BCUT2D eigenvalue weighted by molar-refractivity contribution is 7.10. The quantitative estimate of drug-likeness (QED) is 0.657. The van der Waals surface area contributed by atoms with Gasteiger partial charge in [0, 0.05) is 23.6 Å². The van der Waals surface area contributed by atoms with Gasteiger partial charge in [0.1, 0.15) is 5.01 Å². The molecule has 1 heterocycles. The second-order valence-corrected chi connectivity index (χ2v) is 6.67. The Bertz CT molecular complexity index is 962. The minimum absolute atomic E-state index is 0.0798. The number of rotatable bonds is 6. The van der Waals surface area contributed by atoms with Crippen molar-refractivity contribution in [3.05, 3.63) is 58.4 Å². The molecule has 0 bridgehead atoms. The third-order valence-corrected chi connectivity index (χ3v) is 4.66. The average molecular weight is 380 g/mol. The van der Waals surface area contributed by atoms with Crippen molar-refractivity contribution >= 4 is 35.1 Å². The van der Waals surface area contributed by atoms with Crippen molar-refractivity contribution in [3.63, 3.8) is 0 Å². The molecule has 0 atom stereocenters. The third-order valence-electron chi connectivity index (χ3n) is 3.85. The minimum Gasteiger partial charge on any atom is -0.493 e. The lowest BCUT2D eigenvalue weighted by Gasteiger charge is -2.08. The lowest BCUT2D eigenvalue weighted by Crippen LogP contribution is -2.05. The van der Waals surface area contributed by atoms with Gasteiger partial charge in [-0.15, -0.1) is 11.3 Å². The molecule has 5 nitrogen and oxygen atoms in total. The fourth-order valence-electron chi connectivity index (χ4n) is 2.54. The average Bonchev–Trinajstić information content (AvgIpc) is 3.15. The number of thiazole rings is 1. The first-order chi connectivity index (χ1) is 13.1. The van der Waals surface area contributed by atoms with Crippen molar-refractivity contribution in [1.82, 2.24) is 4.98 Å². The molecule has 6 heteroatoms. The molecule has 0 radical (unpaired) electrons. The van der Waals surface area contributed by atoms with Crippen LogP contribution in [-0.4, -0.2) is 25.1 Å². The van der Waals surface area contributed by atoms with E-state index >= 15 is 0 Å². The second-order valence-electron chi connectivity index (χ2n) is 5.78. The molecule has 0 fully saturated rings. The molecule has 1 aromatic heterocycles. The SMILES string of the molecule is COc1ccc(-c2csc(/C=C/c3ccc(NC(C)=O)cc3)n2)cc1OC. The molecule has 0 unspecified atom stereocenters. The van der Waals surface area contributed by atoms with Gasteiger partial charge in [-0.2, -0.15) is 0 Å². The normalized spacial score (nSPS) is 10.8. The number of nitrogens with zero attached hydrogens (tertiary/aromatic N) is 1. The van der Waals surface area contributed by atoms with Crippen LogP contribution in [0.2, 0.25) is 0 Å². The van der Waals surface area contributed by atoms with E-state index in [9.17, 15) is 4.79 Å². The maximum absolute atomic E-state index is 11.1. The predicted molar refractivity (Wildman–Crippen MR) is 110 cm³/mol. The number of carbonyl (C=O) groups excluding carboxylic acids is 1. The molecule has 0 aliphatic heterocycles. The van der Waals surface area contributed by atoms with Crippen molar-refractivity contribution in [3.8, 4) is 22.8 Å². The van der Waals surface area contributed by atoms with E-state index in [1.807, 2.05) is 60.0 Å². The van der Waals surface area contributed by atoms with Crippen LogP contribution in [0.3, 0.4) is 0 Å². The monoisotopic (exact) mass is 380 g/mol. The van der Waals surface area contributed by atoms with Gasteiger partial charge in [0.05, 0.1) is 19.9 Å². The van der Waals surface area contributed by atoms with Gasteiger partial charge in [-0.05, 0) is 42.0 Å². The number of aromatic nitrogens is 1. The Morgan fingerprint density at radius 3 is 2.44 bits per heavy atom. The predicted octanol–water partition coefficient (Wildman–Crippen LogP) is 4.96. The molecule has 0 aliphatic rings. The summed E-state index contributed by atoms with van der Waals surface area (Å²) in [5, 5.41) is 5.68. The van der Waals surface area contributed by atoms with E-state index in [1.165, 1.54) is 6.92 Å². The molecule has 138 valence electrons. The third kappa shape index (κ3) is 4.74. The Labute approximate surface area is 162 Å². The van der Waals surface area contributed by atoms with E-state index in [4.69, 9.17) is 9.47 Å². The largest absolute Gasteiger partial charge is 0.493 e. The van der Waals surface area contributed by atoms with E-state index in [2.05, 4.69) is 10.3 Å². The van der Waals surface area contributed by atoms with Crippen molar-refractivity contribution in [2.45, 2.75) is 6.92 Å². The summed E-state index contributed by atoms with van der Waals surface area (Å²) in [5.74, 6) is 1.29. The first-order valence-corrected chi connectivity index (χ1v) is 9.20. The van der Waals surface area contributed by atoms with Crippen LogP contribution in [0, 0.1) is 0 Å². The Kier molecular flexibility index (Phi) is 5.88.